The molecule has 3 N–H and O–H groups in total. The topological polar surface area (TPSA) is 81.0 Å². The van der Waals surface area contributed by atoms with Crippen LogP contribution in [0.1, 0.15) is 11.3 Å². The molecule has 0 bridgehead atoms. The number of nitrogens with zero attached hydrogens (tertiary/aromatic N) is 1. The average Bonchev–Trinajstić information content (AvgIpc) is 2.73. The van der Waals surface area contributed by atoms with Crippen LogP contribution in [-0.4, -0.2) is 9.97 Å². The fourth-order valence-electron chi connectivity index (χ4n) is 2.99. The molecule has 0 spiro atoms. The minimum absolute atomic E-state index is 0. The summed E-state index contributed by atoms with van der Waals surface area (Å²) in [5.74, 6) is 0.684. The lowest BCUT2D eigenvalue weighted by Crippen LogP contribution is -2.08. The molecule has 0 aliphatic heterocycles. The molecular formula is C22H20ClN3O2. The van der Waals surface area contributed by atoms with Gasteiger partial charge in [-0.25, -0.2) is 0 Å². The average molecular weight is 394 g/mol. The van der Waals surface area contributed by atoms with Gasteiger partial charge in [0.2, 0.25) is 0 Å². The van der Waals surface area contributed by atoms with Crippen molar-refractivity contribution in [2.75, 3.05) is 0 Å². The number of aromatic amines is 1. The number of aromatic nitrogens is 2. The number of benzene rings is 2. The van der Waals surface area contributed by atoms with E-state index < -0.39 is 0 Å². The van der Waals surface area contributed by atoms with Crippen LogP contribution < -0.4 is 15.9 Å². The number of hydrogen-bond donors (Lipinski definition) is 2. The van der Waals surface area contributed by atoms with E-state index in [1.807, 2.05) is 54.6 Å². The van der Waals surface area contributed by atoms with Crippen LogP contribution in [0.4, 0.5) is 0 Å². The van der Waals surface area contributed by atoms with Crippen molar-refractivity contribution in [2.45, 2.75) is 13.2 Å². The molecule has 5 nitrogen and oxygen atoms in total. The number of H-pyrrole nitrogens is 1. The predicted molar refractivity (Wildman–Crippen MR) is 114 cm³/mol. The van der Waals surface area contributed by atoms with E-state index >= 15 is 0 Å². The van der Waals surface area contributed by atoms with Gasteiger partial charge in [0.15, 0.2) is 5.43 Å². The standard InChI is InChI=1S/C22H19N3O2.ClH/c23-11-18-10-22(26)20-9-16(6-7-21(20)25-18)17-8-19(13-24-12-17)27-14-15-4-2-1-3-5-15;/h1-10,12-13H,11,14,23H2,(H,25,26);1H. The van der Waals surface area contributed by atoms with Crippen LogP contribution >= 0.6 is 12.4 Å². The van der Waals surface area contributed by atoms with Crippen molar-refractivity contribution in [1.29, 1.82) is 0 Å². The van der Waals surface area contributed by atoms with Gasteiger partial charge in [0.25, 0.3) is 0 Å². The van der Waals surface area contributed by atoms with E-state index in [0.717, 1.165) is 27.9 Å². The molecule has 0 fully saturated rings. The molecule has 0 saturated heterocycles. The second-order valence-corrected chi connectivity index (χ2v) is 6.31. The van der Waals surface area contributed by atoms with Gasteiger partial charge in [0, 0.05) is 41.0 Å². The van der Waals surface area contributed by atoms with Gasteiger partial charge in [-0.05, 0) is 29.3 Å². The Bertz CT molecular complexity index is 1140. The number of fused-ring (bicyclic) bond motifs is 1. The second kappa shape index (κ2) is 8.69. The number of pyridine rings is 2. The molecule has 0 radical (unpaired) electrons. The highest BCUT2D eigenvalue weighted by atomic mass is 35.5. The maximum Gasteiger partial charge on any atom is 0.189 e. The van der Waals surface area contributed by atoms with Crippen molar-refractivity contribution in [3.05, 3.63) is 94.5 Å². The molecule has 0 amide bonds. The summed E-state index contributed by atoms with van der Waals surface area (Å²) >= 11 is 0. The Kier molecular flexibility index (Phi) is 6.09. The van der Waals surface area contributed by atoms with Crippen molar-refractivity contribution < 1.29 is 4.74 Å². The molecule has 2 heterocycles. The summed E-state index contributed by atoms with van der Waals surface area (Å²) in [6.45, 7) is 0.781. The van der Waals surface area contributed by atoms with Gasteiger partial charge in [-0.15, -0.1) is 12.4 Å². The maximum absolute atomic E-state index is 12.4. The molecule has 4 rings (SSSR count). The molecule has 2 aromatic carbocycles. The number of halogens is 1. The third-order valence-corrected chi connectivity index (χ3v) is 4.40. The summed E-state index contributed by atoms with van der Waals surface area (Å²) in [6.07, 6.45) is 3.45. The lowest BCUT2D eigenvalue weighted by Gasteiger charge is -2.09. The van der Waals surface area contributed by atoms with Crippen LogP contribution in [0.2, 0.25) is 0 Å². The molecule has 0 aliphatic carbocycles. The van der Waals surface area contributed by atoms with Crippen molar-refractivity contribution >= 4 is 23.3 Å². The van der Waals surface area contributed by atoms with Gasteiger partial charge in [-0.1, -0.05) is 36.4 Å². The van der Waals surface area contributed by atoms with Crippen LogP contribution in [0.15, 0.2) is 77.9 Å². The lowest BCUT2D eigenvalue weighted by molar-refractivity contribution is 0.305. The molecule has 0 saturated carbocycles. The van der Waals surface area contributed by atoms with Gasteiger partial charge >= 0.3 is 0 Å². The Morgan fingerprint density at radius 2 is 1.79 bits per heavy atom. The fourth-order valence-corrected chi connectivity index (χ4v) is 2.99. The third-order valence-electron chi connectivity index (χ3n) is 4.40. The number of ether oxygens (including phenoxy) is 1. The van der Waals surface area contributed by atoms with Crippen LogP contribution in [0, 0.1) is 0 Å². The van der Waals surface area contributed by atoms with Gasteiger partial charge in [0.05, 0.1) is 6.20 Å². The first-order chi connectivity index (χ1) is 13.2. The third kappa shape index (κ3) is 4.22. The molecule has 0 unspecified atom stereocenters. The zero-order valence-corrected chi connectivity index (χ0v) is 15.9. The SMILES string of the molecule is Cl.NCc1cc(=O)c2cc(-c3cncc(OCc4ccccc4)c3)ccc2[nH]1. The van der Waals surface area contributed by atoms with Crippen LogP contribution in [0.5, 0.6) is 5.75 Å². The Balaban J connectivity index is 0.00000225. The van der Waals surface area contributed by atoms with Gasteiger partial charge in [0.1, 0.15) is 12.4 Å². The van der Waals surface area contributed by atoms with E-state index in [9.17, 15) is 4.79 Å². The van der Waals surface area contributed by atoms with Crippen molar-refractivity contribution in [3.8, 4) is 16.9 Å². The Labute approximate surface area is 168 Å². The number of rotatable bonds is 5. The molecule has 4 aromatic rings. The van der Waals surface area contributed by atoms with Crippen LogP contribution in [-0.2, 0) is 13.2 Å². The van der Waals surface area contributed by atoms with E-state index in [0.29, 0.717) is 24.3 Å². The molecule has 142 valence electrons. The number of hydrogen-bond acceptors (Lipinski definition) is 4. The molecule has 2 aromatic heterocycles. The summed E-state index contributed by atoms with van der Waals surface area (Å²) in [6, 6.07) is 19.2. The Hall–Kier alpha value is -3.15. The van der Waals surface area contributed by atoms with Crippen LogP contribution in [0.25, 0.3) is 22.0 Å². The highest BCUT2D eigenvalue weighted by Crippen LogP contribution is 2.25. The van der Waals surface area contributed by atoms with Crippen molar-refractivity contribution in [3.63, 3.8) is 0 Å². The van der Waals surface area contributed by atoms with E-state index in [-0.39, 0.29) is 17.8 Å². The molecule has 6 heteroatoms. The highest BCUT2D eigenvalue weighted by molar-refractivity contribution is 5.85. The molecule has 28 heavy (non-hydrogen) atoms. The van der Waals surface area contributed by atoms with E-state index in [1.54, 1.807) is 18.5 Å². The zero-order chi connectivity index (χ0) is 18.6. The van der Waals surface area contributed by atoms with E-state index in [2.05, 4.69) is 9.97 Å². The first-order valence-electron chi connectivity index (χ1n) is 8.71. The minimum atomic E-state index is -0.0458. The number of nitrogens with two attached hydrogens (primary N) is 1. The van der Waals surface area contributed by atoms with Gasteiger partial charge in [-0.3, -0.25) is 9.78 Å². The summed E-state index contributed by atoms with van der Waals surface area (Å²) in [7, 11) is 0. The molecule has 0 atom stereocenters. The minimum Gasteiger partial charge on any atom is -0.487 e. The Morgan fingerprint density at radius 1 is 0.964 bits per heavy atom. The maximum atomic E-state index is 12.4. The summed E-state index contributed by atoms with van der Waals surface area (Å²) in [4.78, 5) is 19.8. The van der Waals surface area contributed by atoms with E-state index in [4.69, 9.17) is 10.5 Å². The van der Waals surface area contributed by atoms with E-state index in [1.165, 1.54) is 0 Å². The normalized spacial score (nSPS) is 10.5. The summed E-state index contributed by atoms with van der Waals surface area (Å²) < 4.78 is 5.85. The monoisotopic (exact) mass is 393 g/mol. The molecular weight excluding hydrogens is 374 g/mol. The summed E-state index contributed by atoms with van der Waals surface area (Å²) in [5, 5.41) is 0.625. The van der Waals surface area contributed by atoms with Gasteiger partial charge < -0.3 is 15.5 Å². The van der Waals surface area contributed by atoms with Crippen molar-refractivity contribution in [2.24, 2.45) is 5.73 Å². The Morgan fingerprint density at radius 3 is 2.57 bits per heavy atom. The van der Waals surface area contributed by atoms with Crippen molar-refractivity contribution in [1.82, 2.24) is 9.97 Å². The zero-order valence-electron chi connectivity index (χ0n) is 15.1. The van der Waals surface area contributed by atoms with Crippen LogP contribution in [0.3, 0.4) is 0 Å². The largest absolute Gasteiger partial charge is 0.487 e. The quantitative estimate of drug-likeness (QED) is 0.536. The summed E-state index contributed by atoms with van der Waals surface area (Å²) in [5.41, 5.74) is 9.97. The highest BCUT2D eigenvalue weighted by Gasteiger charge is 2.06. The fraction of sp³-hybridized carbons (Fsp3) is 0.0909. The smallest absolute Gasteiger partial charge is 0.189 e. The number of nitrogens with one attached hydrogen (secondary N) is 1. The first-order valence-corrected chi connectivity index (χ1v) is 8.71. The second-order valence-electron chi connectivity index (χ2n) is 6.31. The molecule has 0 aliphatic rings. The lowest BCUT2D eigenvalue weighted by atomic mass is 10.0. The van der Waals surface area contributed by atoms with Gasteiger partial charge in [-0.2, -0.15) is 0 Å². The first kappa shape index (κ1) is 19.6. The predicted octanol–water partition coefficient (Wildman–Crippen LogP) is 4.05.